The van der Waals surface area contributed by atoms with Gasteiger partial charge in [0.05, 0.1) is 0 Å². The zero-order valence-corrected chi connectivity index (χ0v) is 12.3. The number of carbonyl (C=O) groups is 1. The average molecular weight is 386 g/mol. The minimum Gasteiger partial charge on any atom is -0.358 e. The quantitative estimate of drug-likeness (QED) is 0.578. The summed E-state index contributed by atoms with van der Waals surface area (Å²) in [5.74, 6) is 0.339. The van der Waals surface area contributed by atoms with Gasteiger partial charge in [-0.05, 0) is 12.2 Å². The second-order valence-electron chi connectivity index (χ2n) is 3.84. The summed E-state index contributed by atoms with van der Waals surface area (Å²) in [6.07, 6.45) is 15.4. The van der Waals surface area contributed by atoms with Crippen molar-refractivity contribution in [3.8, 4) is 0 Å². The molecule has 0 radical (unpaired) electrons. The third-order valence-corrected chi connectivity index (χ3v) is 2.57. The molecule has 92 valence electrons. The fourth-order valence-corrected chi connectivity index (χ4v) is 1.71. The Labute approximate surface area is 108 Å². The van der Waals surface area contributed by atoms with E-state index >= 15 is 0 Å². The van der Waals surface area contributed by atoms with E-state index in [1.54, 1.807) is 6.42 Å². The molecule has 15 heavy (non-hydrogen) atoms. The molecular weight excluding hydrogens is 362 g/mol. The number of Topliss-reactive ketones (excluding diaryl/α,β-unsaturated/α-hetero) is 1. The third kappa shape index (κ3) is 10.5. The van der Waals surface area contributed by atoms with Crippen molar-refractivity contribution in [2.45, 2.75) is 57.8 Å². The van der Waals surface area contributed by atoms with Crippen LogP contribution >= 0.6 is 0 Å². The molecular formula is C13H23OOs-3. The molecule has 2 rings (SSSR count). The minimum atomic E-state index is 0. The molecule has 2 saturated carbocycles. The largest absolute Gasteiger partial charge is 0.358 e. The van der Waals surface area contributed by atoms with Crippen molar-refractivity contribution in [2.24, 2.45) is 0 Å². The number of hydrogen-bond acceptors (Lipinski definition) is 1. The summed E-state index contributed by atoms with van der Waals surface area (Å²) < 4.78 is 0. The summed E-state index contributed by atoms with van der Waals surface area (Å²) in [5, 5.41) is 0. The molecule has 0 N–H and O–H groups in total. The van der Waals surface area contributed by atoms with Crippen LogP contribution in [0.3, 0.4) is 0 Å². The molecule has 2 aliphatic carbocycles. The van der Waals surface area contributed by atoms with Crippen LogP contribution in [-0.2, 0) is 24.6 Å². The van der Waals surface area contributed by atoms with Crippen LogP contribution < -0.4 is 0 Å². The van der Waals surface area contributed by atoms with Gasteiger partial charge in [0, 0.05) is 19.8 Å². The van der Waals surface area contributed by atoms with Crippen LogP contribution in [0.4, 0.5) is 0 Å². The van der Waals surface area contributed by atoms with Gasteiger partial charge in [-0.25, -0.2) is 0 Å². The van der Waals surface area contributed by atoms with Gasteiger partial charge in [-0.2, -0.15) is 19.3 Å². The number of ketones is 1. The number of hydrogen-bond donors (Lipinski definition) is 0. The molecule has 0 atom stereocenters. The Morgan fingerprint density at radius 2 is 1.47 bits per heavy atom. The van der Waals surface area contributed by atoms with Crippen molar-refractivity contribution in [3.05, 3.63) is 20.3 Å². The van der Waals surface area contributed by atoms with E-state index in [1.165, 1.54) is 38.5 Å². The standard InChI is InChI=1S/C6H9O.C6H11.CH3.Os/c7-6-4-2-1-3-5-6;1-2-4-6-5-3-1;;/h4H,1-3,5H2;1H,2-6H2;1H3;/q3*-1;. The SMILES string of the molecule is O=C1[CH-]CCCC1.[CH-]1CCCCC1.[CH3-].[Os]. The summed E-state index contributed by atoms with van der Waals surface area (Å²) >= 11 is 0. The van der Waals surface area contributed by atoms with E-state index in [9.17, 15) is 4.79 Å². The molecule has 2 heteroatoms. The zero-order chi connectivity index (χ0) is 9.36. The maximum Gasteiger partial charge on any atom is 0 e. The van der Waals surface area contributed by atoms with E-state index in [1.807, 2.05) is 0 Å². The number of rotatable bonds is 0. The minimum absolute atomic E-state index is 0. The third-order valence-electron chi connectivity index (χ3n) is 2.57. The van der Waals surface area contributed by atoms with Crippen molar-refractivity contribution in [2.75, 3.05) is 0 Å². The molecule has 2 fully saturated rings. The smallest absolute Gasteiger partial charge is 0 e. The molecule has 0 aromatic carbocycles. The van der Waals surface area contributed by atoms with Gasteiger partial charge < -0.3 is 25.1 Å². The Kier molecular flexibility index (Phi) is 14.3. The normalized spacial score (nSPS) is 19.6. The van der Waals surface area contributed by atoms with Gasteiger partial charge in [0.25, 0.3) is 0 Å². The Bertz CT molecular complexity index is 122. The maximum absolute atomic E-state index is 10.4. The van der Waals surface area contributed by atoms with Gasteiger partial charge in [-0.3, -0.25) is 0 Å². The topological polar surface area (TPSA) is 17.1 Å². The monoisotopic (exact) mass is 387 g/mol. The molecule has 0 aromatic heterocycles. The van der Waals surface area contributed by atoms with Crippen LogP contribution in [0.1, 0.15) is 57.8 Å². The predicted octanol–water partition coefficient (Wildman–Crippen LogP) is 3.94. The fourth-order valence-electron chi connectivity index (χ4n) is 1.71. The van der Waals surface area contributed by atoms with Crippen LogP contribution in [0.5, 0.6) is 0 Å². The first-order valence-electron chi connectivity index (χ1n) is 5.57. The summed E-state index contributed by atoms with van der Waals surface area (Å²) in [5.41, 5.74) is 0. The van der Waals surface area contributed by atoms with E-state index in [0.717, 1.165) is 19.3 Å². The average Bonchev–Trinajstić information content (AvgIpc) is 2.22. The summed E-state index contributed by atoms with van der Waals surface area (Å²) in [4.78, 5) is 10.4. The van der Waals surface area contributed by atoms with E-state index in [4.69, 9.17) is 0 Å². The van der Waals surface area contributed by atoms with Crippen molar-refractivity contribution < 1.29 is 24.6 Å². The first-order valence-corrected chi connectivity index (χ1v) is 5.57. The Hall–Kier alpha value is 0.176. The second-order valence-corrected chi connectivity index (χ2v) is 3.84. The van der Waals surface area contributed by atoms with E-state index < -0.39 is 0 Å². The molecule has 0 unspecified atom stereocenters. The molecule has 0 heterocycles. The molecule has 0 bridgehead atoms. The van der Waals surface area contributed by atoms with E-state index in [-0.39, 0.29) is 27.2 Å². The Morgan fingerprint density at radius 3 is 1.67 bits per heavy atom. The molecule has 1 nitrogen and oxygen atoms in total. The molecule has 2 aliphatic rings. The van der Waals surface area contributed by atoms with E-state index in [2.05, 4.69) is 6.42 Å². The summed E-state index contributed by atoms with van der Waals surface area (Å²) in [6.45, 7) is 0. The predicted molar refractivity (Wildman–Crippen MR) is 61.6 cm³/mol. The Balaban J connectivity index is 0. The molecule has 0 spiro atoms. The van der Waals surface area contributed by atoms with Crippen LogP contribution in [0.25, 0.3) is 0 Å². The second kappa shape index (κ2) is 12.2. The Morgan fingerprint density at radius 1 is 0.867 bits per heavy atom. The molecule has 0 amide bonds. The molecule has 0 aliphatic heterocycles. The molecule has 0 saturated heterocycles. The van der Waals surface area contributed by atoms with Crippen molar-refractivity contribution in [1.29, 1.82) is 0 Å². The van der Waals surface area contributed by atoms with Gasteiger partial charge in [-0.15, -0.1) is 0 Å². The summed E-state index contributed by atoms with van der Waals surface area (Å²) in [7, 11) is 0. The van der Waals surface area contributed by atoms with Gasteiger partial charge in [0.1, 0.15) is 0 Å². The van der Waals surface area contributed by atoms with Gasteiger partial charge in [0.2, 0.25) is 0 Å². The molecule has 0 aromatic rings. The zero-order valence-electron chi connectivity index (χ0n) is 9.78. The summed E-state index contributed by atoms with van der Waals surface area (Å²) in [6, 6.07) is 0. The van der Waals surface area contributed by atoms with Gasteiger partial charge in [-0.1, -0.05) is 32.1 Å². The first kappa shape index (κ1) is 17.6. The first-order chi connectivity index (χ1) is 6.39. The van der Waals surface area contributed by atoms with Gasteiger partial charge >= 0.3 is 0 Å². The van der Waals surface area contributed by atoms with E-state index in [0.29, 0.717) is 5.78 Å². The van der Waals surface area contributed by atoms with Crippen LogP contribution in [0.2, 0.25) is 0 Å². The van der Waals surface area contributed by atoms with Gasteiger partial charge in [0.15, 0.2) is 0 Å². The maximum atomic E-state index is 10.4. The van der Waals surface area contributed by atoms with Crippen LogP contribution in [0, 0.1) is 20.3 Å². The van der Waals surface area contributed by atoms with Crippen molar-refractivity contribution in [1.82, 2.24) is 0 Å². The van der Waals surface area contributed by atoms with Crippen LogP contribution in [-0.4, -0.2) is 5.78 Å². The number of carbonyl (C=O) groups excluding carboxylic acids is 1. The van der Waals surface area contributed by atoms with Crippen molar-refractivity contribution in [3.63, 3.8) is 0 Å². The fraction of sp³-hybridized carbons (Fsp3) is 0.692. The van der Waals surface area contributed by atoms with Crippen LogP contribution in [0.15, 0.2) is 0 Å². The van der Waals surface area contributed by atoms with Crippen molar-refractivity contribution >= 4 is 5.78 Å².